The Morgan fingerprint density at radius 2 is 1.70 bits per heavy atom. The molecule has 0 spiro atoms. The zero-order valence-electron chi connectivity index (χ0n) is 18.7. The van der Waals surface area contributed by atoms with Gasteiger partial charge in [-0.25, -0.2) is 4.57 Å². The summed E-state index contributed by atoms with van der Waals surface area (Å²) < 4.78 is 16.1. The Morgan fingerprint density at radius 1 is 1.09 bits per heavy atom. The Labute approximate surface area is 198 Å². The predicted molar refractivity (Wildman–Crippen MR) is 127 cm³/mol. The van der Waals surface area contributed by atoms with Gasteiger partial charge in [-0.2, -0.15) is 11.8 Å². The molecule has 190 valence electrons. The van der Waals surface area contributed by atoms with Crippen LogP contribution in [0.4, 0.5) is 0 Å². The van der Waals surface area contributed by atoms with Gasteiger partial charge in [0.05, 0.1) is 25.2 Å². The summed E-state index contributed by atoms with van der Waals surface area (Å²) in [5, 5.41) is 48.4. The molecule has 33 heavy (non-hydrogen) atoms. The van der Waals surface area contributed by atoms with Crippen LogP contribution in [0.15, 0.2) is 48.6 Å². The van der Waals surface area contributed by atoms with Crippen molar-refractivity contribution in [2.45, 2.75) is 62.3 Å². The number of allylic oxidation sites excluding steroid dienone is 4. The molecule has 0 radical (unpaired) electrons. The van der Waals surface area contributed by atoms with E-state index in [0.29, 0.717) is 5.75 Å². The van der Waals surface area contributed by atoms with Gasteiger partial charge in [0.1, 0.15) is 11.7 Å². The number of hydrogen-bond acceptors (Lipinski definition) is 8. The zero-order valence-corrected chi connectivity index (χ0v) is 20.4. The van der Waals surface area contributed by atoms with E-state index in [-0.39, 0.29) is 31.1 Å². The lowest BCUT2D eigenvalue weighted by Gasteiger charge is -2.31. The summed E-state index contributed by atoms with van der Waals surface area (Å²) >= 11 is 1.37. The minimum atomic E-state index is -5.02. The van der Waals surface area contributed by atoms with Gasteiger partial charge in [0, 0.05) is 11.7 Å². The smallest absolute Gasteiger partial charge is 0.469 e. The van der Waals surface area contributed by atoms with E-state index in [1.807, 2.05) is 6.92 Å². The van der Waals surface area contributed by atoms with Gasteiger partial charge < -0.3 is 35.3 Å². The molecular formula is C21H35O10PS. The first-order chi connectivity index (χ1) is 15.3. The molecule has 0 saturated heterocycles. The Balaban J connectivity index is 5.31. The minimum absolute atomic E-state index is 0.101. The van der Waals surface area contributed by atoms with Crippen LogP contribution in [-0.4, -0.2) is 82.8 Å². The third kappa shape index (κ3) is 16.9. The van der Waals surface area contributed by atoms with Gasteiger partial charge in [-0.1, -0.05) is 55.5 Å². The summed E-state index contributed by atoms with van der Waals surface area (Å²) in [6, 6.07) is 0. The fourth-order valence-corrected chi connectivity index (χ4v) is 4.41. The first-order valence-electron chi connectivity index (χ1n) is 10.3. The van der Waals surface area contributed by atoms with Crippen LogP contribution in [0.3, 0.4) is 0 Å². The van der Waals surface area contributed by atoms with Crippen LogP contribution in [0.2, 0.25) is 0 Å². The number of carboxylic acids is 1. The predicted octanol–water partition coefficient (Wildman–Crippen LogP) is 1.53. The first-order valence-corrected chi connectivity index (χ1v) is 12.8. The molecule has 0 aromatic heterocycles. The third-order valence-corrected chi connectivity index (χ3v) is 5.94. The molecule has 0 fully saturated rings. The molecule has 0 aromatic rings. The highest BCUT2D eigenvalue weighted by Gasteiger charge is 2.37. The van der Waals surface area contributed by atoms with Crippen molar-refractivity contribution in [1.29, 1.82) is 0 Å². The topological polar surface area (TPSA) is 185 Å². The molecule has 7 N–H and O–H groups in total. The number of hydrogen-bond donors (Lipinski definition) is 7. The van der Waals surface area contributed by atoms with Crippen molar-refractivity contribution in [3.63, 3.8) is 0 Å². The van der Waals surface area contributed by atoms with Crippen molar-refractivity contribution in [3.8, 4) is 0 Å². The molecule has 0 bridgehead atoms. The molecule has 0 amide bonds. The van der Waals surface area contributed by atoms with E-state index in [1.54, 1.807) is 18.2 Å². The van der Waals surface area contributed by atoms with Crippen LogP contribution in [-0.2, 0) is 13.9 Å². The molecule has 0 aromatic carbocycles. The molecule has 0 rings (SSSR count). The molecule has 0 unspecified atom stereocenters. The lowest BCUT2D eigenvalue weighted by Crippen LogP contribution is -2.41. The van der Waals surface area contributed by atoms with Crippen LogP contribution < -0.4 is 0 Å². The highest BCUT2D eigenvalue weighted by molar-refractivity contribution is 7.99. The lowest BCUT2D eigenvalue weighted by atomic mass is 9.93. The van der Waals surface area contributed by atoms with Crippen molar-refractivity contribution in [2.24, 2.45) is 0 Å². The van der Waals surface area contributed by atoms with Crippen molar-refractivity contribution in [1.82, 2.24) is 0 Å². The van der Waals surface area contributed by atoms with Crippen molar-refractivity contribution in [3.05, 3.63) is 48.6 Å². The van der Waals surface area contributed by atoms with Crippen LogP contribution in [0.5, 0.6) is 0 Å². The average molecular weight is 511 g/mol. The molecular weight excluding hydrogens is 475 g/mol. The summed E-state index contributed by atoms with van der Waals surface area (Å²) in [4.78, 5) is 29.4. The third-order valence-electron chi connectivity index (χ3n) is 4.24. The van der Waals surface area contributed by atoms with Crippen LogP contribution >= 0.6 is 19.6 Å². The second kappa shape index (κ2) is 16.4. The quantitative estimate of drug-likeness (QED) is 0.0855. The molecule has 0 heterocycles. The van der Waals surface area contributed by atoms with E-state index < -0.39 is 37.7 Å². The molecule has 0 aliphatic carbocycles. The monoisotopic (exact) mass is 510 g/mol. The summed E-state index contributed by atoms with van der Waals surface area (Å²) in [7, 11) is -5.02. The van der Waals surface area contributed by atoms with Gasteiger partial charge in [0.25, 0.3) is 0 Å². The summed E-state index contributed by atoms with van der Waals surface area (Å²) in [5.74, 6) is -0.344. The number of carbonyl (C=O) groups is 1. The maximum absolute atomic E-state index is 11.4. The number of thioether (sulfide) groups is 1. The van der Waals surface area contributed by atoms with E-state index in [0.717, 1.165) is 6.08 Å². The number of rotatable bonds is 17. The Morgan fingerprint density at radius 3 is 2.24 bits per heavy atom. The average Bonchev–Trinajstić information content (AvgIpc) is 2.67. The molecule has 12 heteroatoms. The Kier molecular flexibility index (Phi) is 15.7. The Hall–Kier alpha value is -1.27. The Bertz CT molecular complexity index is 729. The number of aliphatic carboxylic acids is 1. The number of aliphatic hydroxyl groups is 4. The van der Waals surface area contributed by atoms with Crippen molar-refractivity contribution in [2.75, 3.05) is 12.4 Å². The molecule has 5 atom stereocenters. The highest BCUT2D eigenvalue weighted by atomic mass is 32.2. The number of phosphoric acid groups is 1. The van der Waals surface area contributed by atoms with Crippen molar-refractivity contribution < 1.29 is 49.2 Å². The van der Waals surface area contributed by atoms with Crippen LogP contribution in [0.25, 0.3) is 0 Å². The SMILES string of the molecule is CCS[C@H](CC(=O)O)C[C@@H](O)/C=C/[C@@](C)(O)[C@@H](C[C@@H](O)\C=C/C=C\C=C\CO)OP(=O)(O)O. The number of aliphatic hydroxyl groups excluding tert-OH is 3. The van der Waals surface area contributed by atoms with Gasteiger partial charge in [-0.15, -0.1) is 0 Å². The molecule has 0 aliphatic rings. The summed E-state index contributed by atoms with van der Waals surface area (Å²) in [6.07, 6.45) is 7.07. The summed E-state index contributed by atoms with van der Waals surface area (Å²) in [6.45, 7) is 2.95. The molecule has 0 saturated carbocycles. The van der Waals surface area contributed by atoms with Gasteiger partial charge in [0.2, 0.25) is 0 Å². The minimum Gasteiger partial charge on any atom is -0.481 e. The van der Waals surface area contributed by atoms with E-state index in [1.165, 1.54) is 43.0 Å². The fourth-order valence-electron chi connectivity index (χ4n) is 2.71. The van der Waals surface area contributed by atoms with E-state index in [4.69, 9.17) is 10.2 Å². The van der Waals surface area contributed by atoms with E-state index in [9.17, 15) is 34.5 Å². The lowest BCUT2D eigenvalue weighted by molar-refractivity contribution is -0.137. The van der Waals surface area contributed by atoms with Gasteiger partial charge >= 0.3 is 13.8 Å². The van der Waals surface area contributed by atoms with Crippen LogP contribution in [0, 0.1) is 0 Å². The second-order valence-electron chi connectivity index (χ2n) is 7.33. The maximum atomic E-state index is 11.4. The largest absolute Gasteiger partial charge is 0.481 e. The second-order valence-corrected chi connectivity index (χ2v) is 10.1. The molecule has 0 aliphatic heterocycles. The summed E-state index contributed by atoms with van der Waals surface area (Å²) in [5.41, 5.74) is -1.98. The van der Waals surface area contributed by atoms with E-state index in [2.05, 4.69) is 4.52 Å². The molecule has 10 nitrogen and oxygen atoms in total. The van der Waals surface area contributed by atoms with Crippen molar-refractivity contribution >= 4 is 25.6 Å². The number of carboxylic acid groups (broad SMARTS) is 1. The first kappa shape index (κ1) is 31.7. The fraction of sp³-hybridized carbons (Fsp3) is 0.571. The standard InChI is InChI=1S/C21H35O10PS/c1-3-33-18(15-20(25)26)13-17(24)10-11-21(2,27)19(31-32(28,29)30)14-16(23)9-7-5-4-6-8-12-22/h4-11,16-19,22-24,27H,3,12-15H2,1-2H3,(H,25,26)(H2,28,29,30)/b5-4-,8-6+,9-7-,11-10+/t16-,17-,18-,19+,21+/m0/s1. The maximum Gasteiger partial charge on any atom is 0.469 e. The van der Waals surface area contributed by atoms with Gasteiger partial charge in [-0.3, -0.25) is 9.32 Å². The number of phosphoric ester groups is 1. The zero-order chi connectivity index (χ0) is 25.5. The van der Waals surface area contributed by atoms with Crippen LogP contribution in [0.1, 0.15) is 33.1 Å². The van der Waals surface area contributed by atoms with Gasteiger partial charge in [-0.05, 0) is 19.1 Å². The van der Waals surface area contributed by atoms with E-state index >= 15 is 0 Å². The normalized spacial score (nSPS) is 18.8. The van der Waals surface area contributed by atoms with Gasteiger partial charge in [0.15, 0.2) is 0 Å². The highest BCUT2D eigenvalue weighted by Crippen LogP contribution is 2.41.